The maximum absolute atomic E-state index is 13.9. The number of anilines is 2. The van der Waals surface area contributed by atoms with Crippen molar-refractivity contribution >= 4 is 63.1 Å². The first-order valence-corrected chi connectivity index (χ1v) is 22.4. The van der Waals surface area contributed by atoms with Gasteiger partial charge in [-0.25, -0.2) is 4.98 Å². The second-order valence-electron chi connectivity index (χ2n) is 16.8. The zero-order valence-corrected chi connectivity index (χ0v) is 35.3. The summed E-state index contributed by atoms with van der Waals surface area (Å²) in [5, 5.41) is 20.4. The number of carbonyl (C=O) groups is 1. The molecule has 2 aliphatic carbocycles. The van der Waals surface area contributed by atoms with Crippen molar-refractivity contribution in [2.24, 2.45) is 11.3 Å². The fraction of sp³-hybridized carbons (Fsp3) is 0.391. The van der Waals surface area contributed by atoms with Crippen LogP contribution in [0.2, 0.25) is 5.02 Å². The number of ether oxygens (including phenoxy) is 1. The minimum absolute atomic E-state index is 0.0242. The number of carbonyl (C=O) groups excluding carboxylic acids is 1. The highest BCUT2D eigenvalue weighted by molar-refractivity contribution is 7.98. The molecule has 2 saturated heterocycles. The van der Waals surface area contributed by atoms with E-state index in [1.165, 1.54) is 49.3 Å². The van der Waals surface area contributed by atoms with E-state index in [9.17, 15) is 14.9 Å². The van der Waals surface area contributed by atoms with E-state index >= 15 is 0 Å². The molecule has 14 heteroatoms. The van der Waals surface area contributed by atoms with Crippen LogP contribution in [0.5, 0.6) is 11.5 Å². The molecule has 1 saturated carbocycles. The molecule has 3 aromatic carbocycles. The number of halogens is 1. The number of aromatic nitrogens is 2. The van der Waals surface area contributed by atoms with E-state index in [4.69, 9.17) is 16.3 Å². The summed E-state index contributed by atoms with van der Waals surface area (Å²) in [6.45, 7) is 7.09. The number of nitrogens with zero attached hydrogens (tertiary/aromatic N) is 4. The van der Waals surface area contributed by atoms with E-state index in [0.717, 1.165) is 98.8 Å². The fourth-order valence-electron chi connectivity index (χ4n) is 9.28. The maximum atomic E-state index is 13.9. The Labute approximate surface area is 359 Å². The normalized spacial score (nSPS) is 18.4. The van der Waals surface area contributed by atoms with Crippen LogP contribution in [-0.2, 0) is 0 Å². The van der Waals surface area contributed by atoms with Gasteiger partial charge in [-0.2, -0.15) is 0 Å². The van der Waals surface area contributed by atoms with Crippen LogP contribution in [0.15, 0.2) is 95.7 Å². The summed E-state index contributed by atoms with van der Waals surface area (Å²) < 4.78 is 9.36. The molecule has 12 nitrogen and oxygen atoms in total. The SMILES string of the molecule is O=C(NSc1ccc(NCC2CCNCC2)c([N+](=O)[O-])c1)c1ccc(N2CCN(CC3=C(c4ccc(Cl)cc4)CC4(CCC4)CC3)CC2)cc1Oc1cnc2[nH]ccc2c1. The molecule has 2 aliphatic heterocycles. The average Bonchev–Trinajstić information content (AvgIpc) is 3.74. The van der Waals surface area contributed by atoms with Gasteiger partial charge in [0.05, 0.1) is 16.7 Å². The number of H-pyrrole nitrogens is 1. The van der Waals surface area contributed by atoms with Crippen molar-refractivity contribution in [3.63, 3.8) is 0 Å². The van der Waals surface area contributed by atoms with Crippen LogP contribution in [-0.4, -0.2) is 78.1 Å². The zero-order valence-electron chi connectivity index (χ0n) is 33.7. The molecule has 3 fully saturated rings. The van der Waals surface area contributed by atoms with Crippen molar-refractivity contribution in [1.29, 1.82) is 0 Å². The molecule has 4 N–H and O–H groups in total. The zero-order chi connectivity index (χ0) is 41.1. The van der Waals surface area contributed by atoms with Crippen molar-refractivity contribution in [3.05, 3.63) is 117 Å². The Morgan fingerprint density at radius 2 is 1.82 bits per heavy atom. The van der Waals surface area contributed by atoms with Crippen LogP contribution in [0.1, 0.15) is 67.3 Å². The molecule has 1 amide bonds. The third-order valence-corrected chi connectivity index (χ3v) is 14.0. The molecule has 5 aromatic rings. The van der Waals surface area contributed by atoms with Gasteiger partial charge in [-0.3, -0.25) is 24.5 Å². The van der Waals surface area contributed by atoms with Gasteiger partial charge in [0.15, 0.2) is 0 Å². The lowest BCUT2D eigenvalue weighted by Crippen LogP contribution is -2.47. The number of amides is 1. The topological polar surface area (TPSA) is 141 Å². The van der Waals surface area contributed by atoms with Gasteiger partial charge < -0.3 is 25.3 Å². The van der Waals surface area contributed by atoms with E-state index in [1.54, 1.807) is 30.0 Å². The van der Waals surface area contributed by atoms with E-state index in [0.29, 0.717) is 45.5 Å². The maximum Gasteiger partial charge on any atom is 0.293 e. The lowest BCUT2D eigenvalue weighted by atomic mass is 9.59. The minimum Gasteiger partial charge on any atom is -0.455 e. The van der Waals surface area contributed by atoms with Crippen molar-refractivity contribution in [3.8, 4) is 11.5 Å². The number of rotatable bonds is 13. The number of piperazine rings is 1. The number of fused-ring (bicyclic) bond motifs is 1. The number of aromatic amines is 1. The molecule has 9 rings (SSSR count). The molecule has 0 unspecified atom stereocenters. The van der Waals surface area contributed by atoms with Crippen molar-refractivity contribution in [1.82, 2.24) is 24.9 Å². The van der Waals surface area contributed by atoms with Gasteiger partial charge in [0.1, 0.15) is 22.8 Å². The standard InChI is InChI=1S/C46H51ClN8O4S/c47-35-4-2-32(3-5-35)40-27-46(14-1-15-46)16-10-34(40)30-53-20-22-54(23-21-53)36-6-8-39(43(25-36)59-37-24-33-13-19-49-44(33)51-29-37)45(56)52-60-38-7-9-41(42(26-38)55(57)58)50-28-31-11-17-48-18-12-31/h2-9,13,19,24-26,29,31,48,50H,1,10-12,14-18,20-23,27-28,30H2,(H,49,51)(H,52,56). The summed E-state index contributed by atoms with van der Waals surface area (Å²) in [6.07, 6.45) is 13.2. The lowest BCUT2D eigenvalue weighted by Gasteiger charge is -2.47. The summed E-state index contributed by atoms with van der Waals surface area (Å²) in [7, 11) is 0. The van der Waals surface area contributed by atoms with Crippen LogP contribution in [0.25, 0.3) is 16.6 Å². The Bertz CT molecular complexity index is 2390. The molecule has 0 bridgehead atoms. The summed E-state index contributed by atoms with van der Waals surface area (Å²) in [6, 6.07) is 23.0. The molecule has 2 aromatic heterocycles. The second-order valence-corrected chi connectivity index (χ2v) is 18.1. The Balaban J connectivity index is 0.894. The van der Waals surface area contributed by atoms with Crippen LogP contribution in [0.4, 0.5) is 17.1 Å². The highest BCUT2D eigenvalue weighted by atomic mass is 35.5. The number of nitro benzene ring substituents is 1. The number of pyridine rings is 1. The molecule has 1 spiro atoms. The van der Waals surface area contributed by atoms with Crippen LogP contribution in [0.3, 0.4) is 0 Å². The van der Waals surface area contributed by atoms with Gasteiger partial charge in [0.25, 0.3) is 11.6 Å². The van der Waals surface area contributed by atoms with Crippen molar-refractivity contribution < 1.29 is 14.5 Å². The lowest BCUT2D eigenvalue weighted by molar-refractivity contribution is -0.384. The number of nitro groups is 1. The van der Waals surface area contributed by atoms with Crippen LogP contribution in [0, 0.1) is 21.4 Å². The smallest absolute Gasteiger partial charge is 0.293 e. The highest BCUT2D eigenvalue weighted by Crippen LogP contribution is 2.55. The number of allylic oxidation sites excluding steroid dienone is 1. The Morgan fingerprint density at radius 3 is 2.58 bits per heavy atom. The number of nitrogens with one attached hydrogen (secondary N) is 4. The molecular formula is C46H51ClN8O4S. The van der Waals surface area contributed by atoms with E-state index < -0.39 is 0 Å². The predicted molar refractivity (Wildman–Crippen MR) is 240 cm³/mol. The van der Waals surface area contributed by atoms with Crippen molar-refractivity contribution in [2.45, 2.75) is 56.3 Å². The predicted octanol–water partition coefficient (Wildman–Crippen LogP) is 9.70. The monoisotopic (exact) mass is 846 g/mol. The third-order valence-electron chi connectivity index (χ3n) is 13.0. The molecule has 312 valence electrons. The first kappa shape index (κ1) is 40.3. The second kappa shape index (κ2) is 17.9. The third kappa shape index (κ3) is 9.14. The number of hydrogen-bond acceptors (Lipinski definition) is 10. The number of piperidine rings is 1. The number of benzene rings is 3. The Kier molecular flexibility index (Phi) is 12.0. The van der Waals surface area contributed by atoms with Gasteiger partial charge in [-0.1, -0.05) is 35.7 Å². The molecule has 4 heterocycles. The fourth-order valence-corrected chi connectivity index (χ4v) is 10.0. The largest absolute Gasteiger partial charge is 0.455 e. The minimum atomic E-state index is -0.383. The Morgan fingerprint density at radius 1 is 1.00 bits per heavy atom. The summed E-state index contributed by atoms with van der Waals surface area (Å²) in [5.41, 5.74) is 7.40. The summed E-state index contributed by atoms with van der Waals surface area (Å²) >= 11 is 7.33. The number of hydrogen-bond donors (Lipinski definition) is 4. The first-order valence-electron chi connectivity index (χ1n) is 21.2. The Hall–Kier alpha value is -5.08. The molecule has 4 aliphatic rings. The molecule has 0 atom stereocenters. The quantitative estimate of drug-likeness (QED) is 0.0515. The van der Waals surface area contributed by atoms with Gasteiger partial charge in [-0.15, -0.1) is 0 Å². The molecule has 60 heavy (non-hydrogen) atoms. The van der Waals surface area contributed by atoms with Crippen LogP contribution < -0.4 is 25.0 Å². The van der Waals surface area contributed by atoms with Gasteiger partial charge in [0, 0.05) is 78.6 Å². The molecular weight excluding hydrogens is 796 g/mol. The van der Waals surface area contributed by atoms with Gasteiger partial charge in [-0.05, 0) is 141 Å². The van der Waals surface area contributed by atoms with Gasteiger partial charge in [0.2, 0.25) is 0 Å². The molecule has 0 radical (unpaired) electrons. The summed E-state index contributed by atoms with van der Waals surface area (Å²) in [4.78, 5) is 38.7. The van der Waals surface area contributed by atoms with Crippen LogP contribution >= 0.6 is 23.5 Å². The summed E-state index contributed by atoms with van der Waals surface area (Å²) in [5.74, 6) is 0.998. The van der Waals surface area contributed by atoms with E-state index in [-0.39, 0.29) is 16.5 Å². The van der Waals surface area contributed by atoms with Crippen molar-refractivity contribution in [2.75, 3.05) is 62.6 Å². The first-order chi connectivity index (χ1) is 29.3. The van der Waals surface area contributed by atoms with Gasteiger partial charge >= 0.3 is 0 Å². The van der Waals surface area contributed by atoms with E-state index in [1.807, 2.05) is 42.6 Å². The highest BCUT2D eigenvalue weighted by Gasteiger charge is 2.41. The van der Waals surface area contributed by atoms with E-state index in [2.05, 4.69) is 47.3 Å². The average molecular weight is 847 g/mol.